The van der Waals surface area contributed by atoms with Crippen molar-refractivity contribution in [3.63, 3.8) is 0 Å². The zero-order valence-electron chi connectivity index (χ0n) is 13.4. The Balaban J connectivity index is 2.10. The first-order chi connectivity index (χ1) is 11.8. The van der Waals surface area contributed by atoms with Crippen molar-refractivity contribution in [1.82, 2.24) is 5.32 Å². The Morgan fingerprint density at radius 1 is 1.24 bits per heavy atom. The third-order valence-corrected chi connectivity index (χ3v) is 3.98. The lowest BCUT2D eigenvalue weighted by atomic mass is 10.1. The van der Waals surface area contributed by atoms with Gasteiger partial charge in [-0.25, -0.2) is 4.79 Å². The SMILES string of the molecule is COc1cc([N+](=O)[O-])ccc1NC(=O)N[C@H](C)c1ccc(Cl)cc1Cl. The third-order valence-electron chi connectivity index (χ3n) is 3.42. The highest BCUT2D eigenvalue weighted by Crippen LogP contribution is 2.29. The molecular formula is C16H15Cl2N3O4. The molecule has 0 spiro atoms. The van der Waals surface area contributed by atoms with Crippen LogP contribution < -0.4 is 15.4 Å². The van der Waals surface area contributed by atoms with Crippen LogP contribution in [0.25, 0.3) is 0 Å². The van der Waals surface area contributed by atoms with Gasteiger partial charge in [-0.3, -0.25) is 10.1 Å². The molecule has 0 heterocycles. The number of rotatable bonds is 5. The molecule has 25 heavy (non-hydrogen) atoms. The number of nitrogens with zero attached hydrogens (tertiary/aromatic N) is 1. The van der Waals surface area contributed by atoms with Crippen molar-refractivity contribution < 1.29 is 14.5 Å². The number of hydrogen-bond donors (Lipinski definition) is 2. The number of carbonyl (C=O) groups is 1. The van der Waals surface area contributed by atoms with Gasteiger partial charge in [0.1, 0.15) is 5.75 Å². The van der Waals surface area contributed by atoms with Crippen LogP contribution in [0.5, 0.6) is 5.75 Å². The normalized spacial score (nSPS) is 11.5. The molecule has 0 aliphatic rings. The Hall–Kier alpha value is -2.51. The topological polar surface area (TPSA) is 93.5 Å². The lowest BCUT2D eigenvalue weighted by molar-refractivity contribution is -0.384. The van der Waals surface area contributed by atoms with Crippen LogP contribution in [0, 0.1) is 10.1 Å². The molecule has 0 saturated heterocycles. The summed E-state index contributed by atoms with van der Waals surface area (Å²) in [6.07, 6.45) is 0. The summed E-state index contributed by atoms with van der Waals surface area (Å²) in [5.74, 6) is 0.182. The van der Waals surface area contributed by atoms with E-state index >= 15 is 0 Å². The van der Waals surface area contributed by atoms with Gasteiger partial charge in [0.2, 0.25) is 0 Å². The number of carbonyl (C=O) groups excluding carboxylic acids is 1. The molecule has 2 aromatic carbocycles. The summed E-state index contributed by atoms with van der Waals surface area (Å²) < 4.78 is 5.08. The lowest BCUT2D eigenvalue weighted by Crippen LogP contribution is -2.31. The van der Waals surface area contributed by atoms with Crippen molar-refractivity contribution in [2.75, 3.05) is 12.4 Å². The third kappa shape index (κ3) is 4.74. The highest BCUT2D eigenvalue weighted by atomic mass is 35.5. The van der Waals surface area contributed by atoms with Crippen LogP contribution in [0.2, 0.25) is 10.0 Å². The molecule has 2 amide bonds. The Kier molecular flexibility index (Phi) is 6.06. The van der Waals surface area contributed by atoms with E-state index in [2.05, 4.69) is 10.6 Å². The number of nitro benzene ring substituents is 1. The van der Waals surface area contributed by atoms with Crippen molar-refractivity contribution >= 4 is 40.6 Å². The van der Waals surface area contributed by atoms with Crippen LogP contribution in [0.15, 0.2) is 36.4 Å². The molecule has 2 N–H and O–H groups in total. The number of amides is 2. The Bertz CT molecular complexity index is 814. The van der Waals surface area contributed by atoms with Gasteiger partial charge in [-0.2, -0.15) is 0 Å². The van der Waals surface area contributed by atoms with Crippen LogP contribution in [0.1, 0.15) is 18.5 Å². The summed E-state index contributed by atoms with van der Waals surface area (Å²) in [5.41, 5.74) is 0.876. The van der Waals surface area contributed by atoms with Gasteiger partial charge in [0.05, 0.1) is 29.8 Å². The monoisotopic (exact) mass is 383 g/mol. The quantitative estimate of drug-likeness (QED) is 0.572. The second-order valence-corrected chi connectivity index (χ2v) is 5.97. The Morgan fingerprint density at radius 3 is 2.56 bits per heavy atom. The minimum absolute atomic E-state index is 0.135. The average molecular weight is 384 g/mol. The van der Waals surface area contributed by atoms with Crippen molar-refractivity contribution in [3.8, 4) is 5.75 Å². The largest absolute Gasteiger partial charge is 0.494 e. The highest BCUT2D eigenvalue weighted by Gasteiger charge is 2.16. The molecule has 2 aromatic rings. The Labute approximate surface area is 154 Å². The zero-order chi connectivity index (χ0) is 18.6. The molecule has 2 rings (SSSR count). The molecule has 0 unspecified atom stereocenters. The summed E-state index contributed by atoms with van der Waals surface area (Å²) in [6, 6.07) is 8.01. The summed E-state index contributed by atoms with van der Waals surface area (Å²) in [6.45, 7) is 1.77. The van der Waals surface area contributed by atoms with E-state index in [0.717, 1.165) is 0 Å². The molecule has 0 aliphatic carbocycles. The molecule has 0 aliphatic heterocycles. The van der Waals surface area contributed by atoms with Gasteiger partial charge in [-0.15, -0.1) is 0 Å². The van der Waals surface area contributed by atoms with Crippen LogP contribution >= 0.6 is 23.2 Å². The zero-order valence-corrected chi connectivity index (χ0v) is 14.9. The van der Waals surface area contributed by atoms with Crippen molar-refractivity contribution in [3.05, 3.63) is 62.1 Å². The smallest absolute Gasteiger partial charge is 0.319 e. The van der Waals surface area contributed by atoms with Crippen LogP contribution in [-0.4, -0.2) is 18.1 Å². The number of nitro groups is 1. The first-order valence-corrected chi connectivity index (χ1v) is 7.92. The highest BCUT2D eigenvalue weighted by molar-refractivity contribution is 6.35. The summed E-state index contributed by atoms with van der Waals surface area (Å²) in [7, 11) is 1.36. The number of anilines is 1. The lowest BCUT2D eigenvalue weighted by Gasteiger charge is -2.17. The average Bonchev–Trinajstić information content (AvgIpc) is 2.54. The second-order valence-electron chi connectivity index (χ2n) is 5.13. The molecule has 0 fully saturated rings. The number of ether oxygens (including phenoxy) is 1. The number of halogens is 2. The number of methoxy groups -OCH3 is 1. The first-order valence-electron chi connectivity index (χ1n) is 7.16. The van der Waals surface area contributed by atoms with Gasteiger partial charge in [0.15, 0.2) is 0 Å². The van der Waals surface area contributed by atoms with Crippen LogP contribution in [0.4, 0.5) is 16.2 Å². The van der Waals surface area contributed by atoms with E-state index in [9.17, 15) is 14.9 Å². The van der Waals surface area contributed by atoms with E-state index in [1.54, 1.807) is 25.1 Å². The molecule has 0 bridgehead atoms. The summed E-state index contributed by atoms with van der Waals surface area (Å²) in [4.78, 5) is 22.4. The fraction of sp³-hybridized carbons (Fsp3) is 0.188. The Morgan fingerprint density at radius 2 is 1.96 bits per heavy atom. The fourth-order valence-corrected chi connectivity index (χ4v) is 2.75. The molecule has 7 nitrogen and oxygen atoms in total. The first kappa shape index (κ1) is 18.8. The second kappa shape index (κ2) is 8.04. The minimum Gasteiger partial charge on any atom is -0.494 e. The number of benzene rings is 2. The van der Waals surface area contributed by atoms with Crippen LogP contribution in [0.3, 0.4) is 0 Å². The molecule has 0 saturated carbocycles. The van der Waals surface area contributed by atoms with Gasteiger partial charge in [0, 0.05) is 16.1 Å². The maximum Gasteiger partial charge on any atom is 0.319 e. The van der Waals surface area contributed by atoms with E-state index in [-0.39, 0.29) is 17.5 Å². The van der Waals surface area contributed by atoms with Crippen molar-refractivity contribution in [2.45, 2.75) is 13.0 Å². The number of non-ortho nitro benzene ring substituents is 1. The molecular weight excluding hydrogens is 369 g/mol. The summed E-state index contributed by atoms with van der Waals surface area (Å²) in [5, 5.41) is 17.0. The fourth-order valence-electron chi connectivity index (χ4n) is 2.18. The molecule has 132 valence electrons. The number of hydrogen-bond acceptors (Lipinski definition) is 4. The van der Waals surface area contributed by atoms with Gasteiger partial charge >= 0.3 is 6.03 Å². The minimum atomic E-state index is -0.545. The van der Waals surface area contributed by atoms with Crippen LogP contribution in [-0.2, 0) is 0 Å². The maximum atomic E-state index is 12.2. The summed E-state index contributed by atoms with van der Waals surface area (Å²) >= 11 is 12.0. The van der Waals surface area contributed by atoms with E-state index in [4.69, 9.17) is 27.9 Å². The standard InChI is InChI=1S/C16H15Cl2N3O4/c1-9(12-5-3-10(17)7-13(12)18)19-16(22)20-14-6-4-11(21(23)24)8-15(14)25-2/h3-9H,1-2H3,(H2,19,20,22)/t9-/m1/s1. The predicted octanol–water partition coefficient (Wildman–Crippen LogP) is 4.79. The molecule has 0 aromatic heterocycles. The number of urea groups is 1. The van der Waals surface area contributed by atoms with Gasteiger partial charge < -0.3 is 15.4 Å². The van der Waals surface area contributed by atoms with E-state index in [0.29, 0.717) is 21.3 Å². The molecule has 0 radical (unpaired) electrons. The predicted molar refractivity (Wildman–Crippen MR) is 96.7 cm³/mol. The molecule has 1 atom stereocenters. The van der Waals surface area contributed by atoms with E-state index in [1.807, 2.05) is 0 Å². The van der Waals surface area contributed by atoms with E-state index < -0.39 is 11.0 Å². The van der Waals surface area contributed by atoms with Crippen molar-refractivity contribution in [2.24, 2.45) is 0 Å². The van der Waals surface area contributed by atoms with Gasteiger partial charge in [0.25, 0.3) is 5.69 Å². The van der Waals surface area contributed by atoms with Crippen molar-refractivity contribution in [1.29, 1.82) is 0 Å². The number of nitrogens with one attached hydrogen (secondary N) is 2. The van der Waals surface area contributed by atoms with Gasteiger partial charge in [-0.05, 0) is 30.7 Å². The van der Waals surface area contributed by atoms with E-state index in [1.165, 1.54) is 25.3 Å². The van der Waals surface area contributed by atoms with Gasteiger partial charge in [-0.1, -0.05) is 29.3 Å². The molecule has 9 heteroatoms. The maximum absolute atomic E-state index is 12.2.